The normalized spacial score (nSPS) is 28.0. The van der Waals surface area contributed by atoms with Crippen molar-refractivity contribution in [3.05, 3.63) is 52.8 Å². The molecule has 0 saturated carbocycles. The lowest BCUT2D eigenvalue weighted by Crippen LogP contribution is -2.54. The number of anilines is 1. The molecule has 0 spiro atoms. The topological polar surface area (TPSA) is 145 Å². The van der Waals surface area contributed by atoms with Gasteiger partial charge in [0, 0.05) is 12.1 Å². The number of ether oxygens (including phenoxy) is 1. The maximum atomic E-state index is 11.0. The number of aliphatic hydroxyl groups is 4. The second-order valence-electron chi connectivity index (χ2n) is 7.18. The number of aliphatic hydroxyl groups excluding tert-OH is 4. The summed E-state index contributed by atoms with van der Waals surface area (Å²) in [5, 5.41) is 41.7. The predicted octanol–water partition coefficient (Wildman–Crippen LogP) is 1.49. The SMILES string of the molecule is C/C=C(C)\C(Cc1ccc(NC(N)=O)cc1)=C(/C)O[C@@H]1S[C@H](CO)[C@@H](O)[C@H](O)[C@H]1O. The summed E-state index contributed by atoms with van der Waals surface area (Å²) in [5.74, 6) is 0.571. The number of hydrogen-bond acceptors (Lipinski definition) is 7. The van der Waals surface area contributed by atoms with Crippen molar-refractivity contribution in [2.45, 2.75) is 56.2 Å². The summed E-state index contributed by atoms with van der Waals surface area (Å²) < 4.78 is 5.98. The molecular formula is C21H30N2O6S. The highest BCUT2D eigenvalue weighted by Crippen LogP contribution is 2.35. The van der Waals surface area contributed by atoms with E-state index >= 15 is 0 Å². The van der Waals surface area contributed by atoms with Crippen molar-refractivity contribution < 1.29 is 30.0 Å². The maximum absolute atomic E-state index is 11.0. The van der Waals surface area contributed by atoms with E-state index in [1.54, 1.807) is 19.1 Å². The number of urea groups is 1. The minimum atomic E-state index is -1.40. The summed E-state index contributed by atoms with van der Waals surface area (Å²) in [6, 6.07) is 6.61. The van der Waals surface area contributed by atoms with Crippen molar-refractivity contribution in [2.24, 2.45) is 5.73 Å². The largest absolute Gasteiger partial charge is 0.481 e. The first-order valence-electron chi connectivity index (χ1n) is 9.63. The Balaban J connectivity index is 2.23. The number of rotatable bonds is 7. The quantitative estimate of drug-likeness (QED) is 0.279. The molecule has 9 heteroatoms. The molecule has 1 heterocycles. The maximum Gasteiger partial charge on any atom is 0.316 e. The molecule has 8 nitrogen and oxygen atoms in total. The molecule has 7 N–H and O–H groups in total. The van der Waals surface area contributed by atoms with Gasteiger partial charge in [0.2, 0.25) is 0 Å². The van der Waals surface area contributed by atoms with Crippen LogP contribution in [-0.2, 0) is 11.2 Å². The van der Waals surface area contributed by atoms with Crippen molar-refractivity contribution in [1.82, 2.24) is 0 Å². The van der Waals surface area contributed by atoms with Crippen molar-refractivity contribution >= 4 is 23.5 Å². The minimum Gasteiger partial charge on any atom is -0.481 e. The highest BCUT2D eigenvalue weighted by molar-refractivity contribution is 8.00. The Morgan fingerprint density at radius 2 is 1.80 bits per heavy atom. The summed E-state index contributed by atoms with van der Waals surface area (Å²) in [6.07, 6.45) is -1.44. The monoisotopic (exact) mass is 438 g/mol. The number of thioether (sulfide) groups is 1. The third-order valence-corrected chi connectivity index (χ3v) is 6.50. The van der Waals surface area contributed by atoms with Gasteiger partial charge in [0.15, 0.2) is 5.44 Å². The standard InChI is InChI=1S/C21H30N2O6S/c1-4-11(2)15(9-13-5-7-14(8-6-13)23-21(22)28)12(3)29-20-19(27)18(26)17(25)16(10-24)30-20/h4-8,16-20,24-27H,9-10H2,1-3H3,(H3,22,23,28)/b11-4-,15-12+/t16-,17-,18+,19-,20-/m1/s1. The van der Waals surface area contributed by atoms with E-state index < -0.39 is 35.0 Å². The second-order valence-corrected chi connectivity index (χ2v) is 8.53. The van der Waals surface area contributed by atoms with E-state index in [4.69, 9.17) is 10.5 Å². The molecule has 0 radical (unpaired) electrons. The van der Waals surface area contributed by atoms with Gasteiger partial charge in [0.25, 0.3) is 0 Å². The summed E-state index contributed by atoms with van der Waals surface area (Å²) in [4.78, 5) is 11.0. The van der Waals surface area contributed by atoms with Crippen molar-refractivity contribution in [2.75, 3.05) is 11.9 Å². The molecule has 2 amide bonds. The average molecular weight is 439 g/mol. The van der Waals surface area contributed by atoms with Crippen LogP contribution in [-0.4, -0.2) is 62.1 Å². The molecule has 1 fully saturated rings. The van der Waals surface area contributed by atoms with Gasteiger partial charge in [-0.05, 0) is 49.6 Å². The number of nitrogens with two attached hydrogens (primary N) is 1. The molecule has 1 aromatic carbocycles. The zero-order valence-electron chi connectivity index (χ0n) is 17.3. The van der Waals surface area contributed by atoms with Gasteiger partial charge in [-0.15, -0.1) is 11.8 Å². The molecule has 1 saturated heterocycles. The number of hydrogen-bond donors (Lipinski definition) is 6. The third kappa shape index (κ3) is 5.99. The zero-order valence-corrected chi connectivity index (χ0v) is 18.1. The molecule has 0 unspecified atom stereocenters. The molecule has 1 aliphatic rings. The molecule has 1 aromatic rings. The fraction of sp³-hybridized carbons (Fsp3) is 0.476. The fourth-order valence-corrected chi connectivity index (χ4v) is 4.45. The van der Waals surface area contributed by atoms with Crippen LogP contribution in [0.2, 0.25) is 0 Å². The molecule has 166 valence electrons. The van der Waals surface area contributed by atoms with Gasteiger partial charge >= 0.3 is 6.03 Å². The van der Waals surface area contributed by atoms with Gasteiger partial charge in [0.1, 0.15) is 12.2 Å². The molecule has 0 bridgehead atoms. The summed E-state index contributed by atoms with van der Waals surface area (Å²) >= 11 is 1.09. The Hall–Kier alpha value is -2.04. The molecule has 0 aromatic heterocycles. The summed E-state index contributed by atoms with van der Waals surface area (Å²) in [5.41, 5.74) is 7.76. The van der Waals surface area contributed by atoms with Gasteiger partial charge in [-0.2, -0.15) is 0 Å². The van der Waals surface area contributed by atoms with E-state index in [9.17, 15) is 25.2 Å². The van der Waals surface area contributed by atoms with E-state index in [0.29, 0.717) is 17.9 Å². The van der Waals surface area contributed by atoms with E-state index in [-0.39, 0.29) is 6.61 Å². The van der Waals surface area contributed by atoms with Gasteiger partial charge in [-0.25, -0.2) is 4.79 Å². The Labute approximate surface area is 180 Å². The highest BCUT2D eigenvalue weighted by Gasteiger charge is 2.44. The number of nitrogens with one attached hydrogen (secondary N) is 1. The highest BCUT2D eigenvalue weighted by atomic mass is 32.2. The Kier molecular flexibility index (Phi) is 8.75. The van der Waals surface area contributed by atoms with Crippen LogP contribution in [0.25, 0.3) is 0 Å². The number of allylic oxidation sites excluding steroid dienone is 4. The number of primary amides is 1. The number of amides is 2. The third-order valence-electron chi connectivity index (χ3n) is 5.08. The van der Waals surface area contributed by atoms with Crippen LogP contribution in [0.3, 0.4) is 0 Å². The van der Waals surface area contributed by atoms with Crippen LogP contribution < -0.4 is 11.1 Å². The van der Waals surface area contributed by atoms with Gasteiger partial charge < -0.3 is 36.2 Å². The lowest BCUT2D eigenvalue weighted by molar-refractivity contribution is -0.100. The van der Waals surface area contributed by atoms with E-state index in [1.165, 1.54) is 0 Å². The molecule has 0 aliphatic carbocycles. The first-order valence-corrected chi connectivity index (χ1v) is 10.6. The van der Waals surface area contributed by atoms with Crippen LogP contribution >= 0.6 is 11.8 Å². The molecule has 1 aliphatic heterocycles. The summed E-state index contributed by atoms with van der Waals surface area (Å²) in [6.45, 7) is 5.30. The summed E-state index contributed by atoms with van der Waals surface area (Å²) in [7, 11) is 0. The average Bonchev–Trinajstić information content (AvgIpc) is 2.72. The smallest absolute Gasteiger partial charge is 0.316 e. The minimum absolute atomic E-state index is 0.343. The van der Waals surface area contributed by atoms with Crippen LogP contribution in [0.4, 0.5) is 10.5 Å². The van der Waals surface area contributed by atoms with Crippen molar-refractivity contribution in [3.63, 3.8) is 0 Å². The molecule has 2 rings (SSSR count). The second kappa shape index (κ2) is 10.8. The van der Waals surface area contributed by atoms with Crippen molar-refractivity contribution in [1.29, 1.82) is 0 Å². The van der Waals surface area contributed by atoms with E-state index in [1.807, 2.05) is 32.1 Å². The van der Waals surface area contributed by atoms with Gasteiger partial charge in [0.05, 0.1) is 23.7 Å². The Bertz CT molecular complexity index is 793. The molecule has 30 heavy (non-hydrogen) atoms. The lowest BCUT2D eigenvalue weighted by Gasteiger charge is -2.39. The van der Waals surface area contributed by atoms with E-state index in [2.05, 4.69) is 5.32 Å². The Morgan fingerprint density at radius 1 is 1.17 bits per heavy atom. The number of carbonyl (C=O) groups excluding carboxylic acids is 1. The fourth-order valence-electron chi connectivity index (χ4n) is 3.18. The zero-order chi connectivity index (χ0) is 22.4. The first kappa shape index (κ1) is 24.2. The van der Waals surface area contributed by atoms with Crippen LogP contribution in [0.15, 0.2) is 47.2 Å². The first-order chi connectivity index (χ1) is 14.2. The number of carbonyl (C=O) groups is 1. The van der Waals surface area contributed by atoms with Crippen molar-refractivity contribution in [3.8, 4) is 0 Å². The van der Waals surface area contributed by atoms with E-state index in [0.717, 1.165) is 28.5 Å². The lowest BCUT2D eigenvalue weighted by atomic mass is 9.97. The van der Waals surface area contributed by atoms with Gasteiger partial charge in [-0.1, -0.05) is 18.2 Å². The van der Waals surface area contributed by atoms with Crippen LogP contribution in [0.5, 0.6) is 0 Å². The molecule has 5 atom stereocenters. The molecular weight excluding hydrogens is 408 g/mol. The number of benzene rings is 1. The Morgan fingerprint density at radius 3 is 2.33 bits per heavy atom. The van der Waals surface area contributed by atoms with Crippen LogP contribution in [0.1, 0.15) is 26.3 Å². The predicted molar refractivity (Wildman–Crippen MR) is 117 cm³/mol. The van der Waals surface area contributed by atoms with Gasteiger partial charge in [-0.3, -0.25) is 0 Å². The van der Waals surface area contributed by atoms with Crippen LogP contribution in [0, 0.1) is 0 Å².